The van der Waals surface area contributed by atoms with Gasteiger partial charge in [-0.1, -0.05) is 48.5 Å². The van der Waals surface area contributed by atoms with Crippen molar-refractivity contribution in [2.75, 3.05) is 32.4 Å². The van der Waals surface area contributed by atoms with Crippen molar-refractivity contribution in [3.63, 3.8) is 0 Å². The van der Waals surface area contributed by atoms with Crippen LogP contribution in [0.4, 0.5) is 0 Å². The molecule has 11 nitrogen and oxygen atoms in total. The molecule has 4 aromatic rings. The molecule has 2 aliphatic heterocycles. The molecule has 0 saturated carbocycles. The van der Waals surface area contributed by atoms with E-state index in [2.05, 4.69) is 10.6 Å². The highest BCUT2D eigenvalue weighted by Gasteiger charge is 2.34. The lowest BCUT2D eigenvalue weighted by molar-refractivity contribution is 0.0580. The maximum atomic E-state index is 13.2. The first kappa shape index (κ1) is 31.9. The Kier molecular flexibility index (Phi) is 9.12. The average Bonchev–Trinajstić information content (AvgIpc) is 3.00. The molecule has 4 amide bonds. The van der Waals surface area contributed by atoms with E-state index in [9.17, 15) is 27.6 Å². The molecule has 0 unspecified atom stereocenters. The molecule has 6 rings (SSSR count). The van der Waals surface area contributed by atoms with E-state index in [4.69, 9.17) is 4.55 Å². The lowest BCUT2D eigenvalue weighted by Crippen LogP contribution is -2.50. The fraction of sp³-hybridized carbons (Fsp3) is 0.273. The maximum Gasteiger partial charge on any atom is 0.261 e. The smallest absolute Gasteiger partial charge is 0.261 e. The van der Waals surface area contributed by atoms with Crippen LogP contribution in [0.25, 0.3) is 21.5 Å². The van der Waals surface area contributed by atoms with E-state index in [0.29, 0.717) is 41.6 Å². The topological polar surface area (TPSA) is 153 Å². The number of nitrogens with zero attached hydrogens (tertiary/aromatic N) is 2. The van der Waals surface area contributed by atoms with Gasteiger partial charge in [0.1, 0.15) is 0 Å². The Balaban J connectivity index is 0.000000743. The van der Waals surface area contributed by atoms with Gasteiger partial charge in [0.2, 0.25) is 0 Å². The van der Waals surface area contributed by atoms with Crippen LogP contribution in [0, 0.1) is 0 Å². The molecule has 0 spiro atoms. The van der Waals surface area contributed by atoms with Crippen LogP contribution in [0.15, 0.2) is 72.8 Å². The van der Waals surface area contributed by atoms with Crippen molar-refractivity contribution >= 4 is 55.3 Å². The van der Waals surface area contributed by atoms with E-state index in [1.165, 1.54) is 9.80 Å². The number of carbonyl (C=O) groups excluding carboxylic acids is 4. The zero-order valence-corrected chi connectivity index (χ0v) is 25.9. The largest absolute Gasteiger partial charge is 0.311 e. The Morgan fingerprint density at radius 2 is 0.867 bits per heavy atom. The third kappa shape index (κ3) is 6.79. The quantitative estimate of drug-likeness (QED) is 0.144. The number of nitrogens with one attached hydrogen (secondary N) is 2. The maximum absolute atomic E-state index is 13.2. The SMILES string of the molecule is CS(=O)(=O)O.C[C@@H](CN1C(=O)c2cccc3cccc(c23)C1=O)NCCN[C@@H](C)CN1C(=O)c2cccc3cccc(c23)C1=O. The van der Waals surface area contributed by atoms with Crippen molar-refractivity contribution in [1.29, 1.82) is 0 Å². The third-order valence-corrected chi connectivity index (χ3v) is 7.74. The van der Waals surface area contributed by atoms with Crippen LogP contribution in [-0.2, 0) is 10.1 Å². The van der Waals surface area contributed by atoms with Gasteiger partial charge in [0.25, 0.3) is 33.7 Å². The first-order valence-corrected chi connectivity index (χ1v) is 16.3. The molecule has 2 aliphatic rings. The molecule has 45 heavy (non-hydrogen) atoms. The van der Waals surface area contributed by atoms with E-state index in [0.717, 1.165) is 21.5 Å². The number of amides is 4. The van der Waals surface area contributed by atoms with Crippen molar-refractivity contribution in [3.8, 4) is 0 Å². The predicted octanol–water partition coefficient (Wildman–Crippen LogP) is 3.35. The summed E-state index contributed by atoms with van der Waals surface area (Å²) in [7, 11) is -3.67. The molecule has 4 aromatic carbocycles. The lowest BCUT2D eigenvalue weighted by atomic mass is 9.94. The van der Waals surface area contributed by atoms with E-state index in [-0.39, 0.29) is 48.8 Å². The van der Waals surface area contributed by atoms with E-state index >= 15 is 0 Å². The normalized spacial score (nSPS) is 15.7. The van der Waals surface area contributed by atoms with Gasteiger partial charge in [-0.15, -0.1) is 0 Å². The number of carbonyl (C=O) groups is 4. The molecule has 234 valence electrons. The zero-order valence-electron chi connectivity index (χ0n) is 25.1. The first-order valence-electron chi connectivity index (χ1n) is 14.5. The van der Waals surface area contributed by atoms with Crippen LogP contribution < -0.4 is 10.6 Å². The number of benzene rings is 4. The van der Waals surface area contributed by atoms with Crippen LogP contribution >= 0.6 is 0 Å². The highest BCUT2D eigenvalue weighted by atomic mass is 32.2. The van der Waals surface area contributed by atoms with Gasteiger partial charge in [-0.25, -0.2) is 0 Å². The van der Waals surface area contributed by atoms with Crippen molar-refractivity contribution < 1.29 is 32.1 Å². The second kappa shape index (κ2) is 12.9. The van der Waals surface area contributed by atoms with Gasteiger partial charge in [-0.05, 0) is 48.9 Å². The molecule has 0 aromatic heterocycles. The molecule has 2 atom stereocenters. The number of imide groups is 2. The lowest BCUT2D eigenvalue weighted by Gasteiger charge is -2.30. The second-order valence-corrected chi connectivity index (χ2v) is 12.8. The number of hydrogen-bond donors (Lipinski definition) is 3. The van der Waals surface area contributed by atoms with Crippen LogP contribution in [0.5, 0.6) is 0 Å². The molecule has 2 heterocycles. The summed E-state index contributed by atoms with van der Waals surface area (Å²) >= 11 is 0. The van der Waals surface area contributed by atoms with E-state index in [1.54, 1.807) is 24.3 Å². The summed E-state index contributed by atoms with van der Waals surface area (Å²) in [5.74, 6) is -1.10. The third-order valence-electron chi connectivity index (χ3n) is 7.74. The van der Waals surface area contributed by atoms with E-state index < -0.39 is 10.1 Å². The Labute approximate surface area is 260 Å². The summed E-state index contributed by atoms with van der Waals surface area (Å²) in [6.07, 6.45) is 0.715. The second-order valence-electron chi connectivity index (χ2n) is 11.3. The van der Waals surface area contributed by atoms with Gasteiger partial charge in [0.15, 0.2) is 0 Å². The van der Waals surface area contributed by atoms with Crippen molar-refractivity contribution in [2.24, 2.45) is 0 Å². The van der Waals surface area contributed by atoms with Gasteiger partial charge >= 0.3 is 0 Å². The predicted molar refractivity (Wildman–Crippen MR) is 171 cm³/mol. The van der Waals surface area contributed by atoms with E-state index in [1.807, 2.05) is 62.4 Å². The van der Waals surface area contributed by atoms with Crippen LogP contribution in [0.1, 0.15) is 55.3 Å². The van der Waals surface area contributed by atoms with Gasteiger partial charge in [-0.3, -0.25) is 33.5 Å². The number of hydrogen-bond acceptors (Lipinski definition) is 8. The minimum Gasteiger partial charge on any atom is -0.311 e. The minimum atomic E-state index is -3.67. The van der Waals surface area contributed by atoms with Crippen LogP contribution in [-0.4, -0.2) is 90.9 Å². The molecule has 0 radical (unpaired) electrons. The summed E-state index contributed by atoms with van der Waals surface area (Å²) in [6, 6.07) is 21.8. The van der Waals surface area contributed by atoms with Crippen molar-refractivity contribution in [2.45, 2.75) is 25.9 Å². The Morgan fingerprint density at radius 3 is 1.13 bits per heavy atom. The Hall–Kier alpha value is -4.49. The molecule has 0 bridgehead atoms. The molecule has 0 saturated heterocycles. The zero-order chi connectivity index (χ0) is 32.5. The minimum absolute atomic E-state index is 0.128. The number of rotatable bonds is 9. The van der Waals surface area contributed by atoms with Crippen molar-refractivity contribution in [3.05, 3.63) is 95.1 Å². The van der Waals surface area contributed by atoms with Crippen molar-refractivity contribution in [1.82, 2.24) is 20.4 Å². The highest BCUT2D eigenvalue weighted by molar-refractivity contribution is 7.85. The molecule has 3 N–H and O–H groups in total. The summed E-state index contributed by atoms with van der Waals surface area (Å²) in [5, 5.41) is 9.95. The summed E-state index contributed by atoms with van der Waals surface area (Å²) in [6.45, 7) is 5.54. The van der Waals surface area contributed by atoms with Crippen LogP contribution in [0.3, 0.4) is 0 Å². The van der Waals surface area contributed by atoms with Gasteiger partial charge < -0.3 is 10.6 Å². The standard InChI is InChI=1S/C32H30N4O4.CH4O3S/c1-19(17-35-29(37)23-11-3-7-21-8-4-12-24(27(21)23)30(35)38)33-15-16-34-20(2)18-36-31(39)25-13-5-9-22-10-6-14-26(28(22)25)32(36)40;1-5(2,3)4/h3-14,19-20,33-34H,15-18H2,1-2H3;1H3,(H,2,3,4)/t19-,20-;/m0./s1. The highest BCUT2D eigenvalue weighted by Crippen LogP contribution is 2.31. The Bertz CT molecular complexity index is 1710. The molecule has 0 fully saturated rings. The molecule has 12 heteroatoms. The summed E-state index contributed by atoms with van der Waals surface area (Å²) in [5.41, 5.74) is 2.21. The monoisotopic (exact) mass is 630 g/mol. The van der Waals surface area contributed by atoms with Crippen LogP contribution in [0.2, 0.25) is 0 Å². The first-order chi connectivity index (χ1) is 21.3. The van der Waals surface area contributed by atoms with Gasteiger partial charge in [-0.2, -0.15) is 8.42 Å². The molecule has 0 aliphatic carbocycles. The summed E-state index contributed by atoms with van der Waals surface area (Å²) < 4.78 is 25.9. The molecular formula is C33H34N4O7S. The van der Waals surface area contributed by atoms with Gasteiger partial charge in [0, 0.05) is 71.3 Å². The fourth-order valence-corrected chi connectivity index (χ4v) is 5.81. The van der Waals surface area contributed by atoms with Gasteiger partial charge in [0.05, 0.1) is 6.26 Å². The summed E-state index contributed by atoms with van der Waals surface area (Å²) in [4.78, 5) is 55.2. The fourth-order valence-electron chi connectivity index (χ4n) is 5.81. The Morgan fingerprint density at radius 1 is 0.600 bits per heavy atom. The molecular weight excluding hydrogens is 596 g/mol. The average molecular weight is 631 g/mol.